The summed E-state index contributed by atoms with van der Waals surface area (Å²) in [4.78, 5) is 0. The van der Waals surface area contributed by atoms with Crippen molar-refractivity contribution >= 4 is 0 Å². The van der Waals surface area contributed by atoms with Crippen molar-refractivity contribution in [2.45, 2.75) is 46.7 Å². The van der Waals surface area contributed by atoms with Crippen LogP contribution in [0.25, 0.3) is 0 Å². The zero-order valence-electron chi connectivity index (χ0n) is 10.3. The number of nitrogens with zero attached hydrogens (tertiary/aromatic N) is 2. The molecule has 3 nitrogen and oxygen atoms in total. The lowest BCUT2D eigenvalue weighted by Gasteiger charge is -2.23. The van der Waals surface area contributed by atoms with E-state index >= 15 is 0 Å². The van der Waals surface area contributed by atoms with Gasteiger partial charge in [0.25, 0.3) is 0 Å². The summed E-state index contributed by atoms with van der Waals surface area (Å²) in [6.07, 6.45) is 5.23. The van der Waals surface area contributed by atoms with Crippen molar-refractivity contribution in [1.82, 2.24) is 15.1 Å². The molecule has 0 aliphatic heterocycles. The SMILES string of the molecule is CCNC(Cn1cc(C)cn1)C(C)CC. The molecule has 0 saturated carbocycles. The molecular formula is C12H23N3. The first kappa shape index (κ1) is 12.2. The van der Waals surface area contributed by atoms with E-state index in [0.717, 1.165) is 13.1 Å². The van der Waals surface area contributed by atoms with Crippen molar-refractivity contribution in [1.29, 1.82) is 0 Å². The third kappa shape index (κ3) is 3.67. The van der Waals surface area contributed by atoms with E-state index in [1.807, 2.05) is 10.9 Å². The number of nitrogens with one attached hydrogen (secondary N) is 1. The lowest BCUT2D eigenvalue weighted by atomic mass is 9.99. The second-order valence-corrected chi connectivity index (χ2v) is 4.29. The Morgan fingerprint density at radius 3 is 2.67 bits per heavy atom. The number of likely N-dealkylation sites (N-methyl/N-ethyl adjacent to an activating group) is 1. The molecule has 1 rings (SSSR count). The Balaban J connectivity index is 2.57. The quantitative estimate of drug-likeness (QED) is 0.778. The van der Waals surface area contributed by atoms with Crippen LogP contribution in [0.1, 0.15) is 32.8 Å². The van der Waals surface area contributed by atoms with Gasteiger partial charge < -0.3 is 5.32 Å². The van der Waals surface area contributed by atoms with E-state index in [9.17, 15) is 0 Å². The summed E-state index contributed by atoms with van der Waals surface area (Å²) >= 11 is 0. The second-order valence-electron chi connectivity index (χ2n) is 4.29. The van der Waals surface area contributed by atoms with Crippen molar-refractivity contribution in [3.05, 3.63) is 18.0 Å². The highest BCUT2D eigenvalue weighted by molar-refractivity contribution is 4.99. The van der Waals surface area contributed by atoms with Crippen LogP contribution in [-0.4, -0.2) is 22.4 Å². The Labute approximate surface area is 92.9 Å². The smallest absolute Gasteiger partial charge is 0.0565 e. The summed E-state index contributed by atoms with van der Waals surface area (Å²) in [5.74, 6) is 0.689. The predicted molar refractivity (Wildman–Crippen MR) is 63.9 cm³/mol. The summed E-state index contributed by atoms with van der Waals surface area (Å²) in [5.41, 5.74) is 1.23. The Bertz CT molecular complexity index is 280. The normalized spacial score (nSPS) is 15.2. The lowest BCUT2D eigenvalue weighted by Crippen LogP contribution is -2.38. The van der Waals surface area contributed by atoms with E-state index in [2.05, 4.69) is 44.3 Å². The Kier molecular flexibility index (Phi) is 4.82. The molecule has 1 N–H and O–H groups in total. The number of hydrogen-bond acceptors (Lipinski definition) is 2. The van der Waals surface area contributed by atoms with Crippen LogP contribution in [0.15, 0.2) is 12.4 Å². The van der Waals surface area contributed by atoms with Gasteiger partial charge in [-0.3, -0.25) is 4.68 Å². The highest BCUT2D eigenvalue weighted by Crippen LogP contribution is 2.10. The molecule has 0 saturated heterocycles. The van der Waals surface area contributed by atoms with Gasteiger partial charge >= 0.3 is 0 Å². The summed E-state index contributed by atoms with van der Waals surface area (Å²) in [6.45, 7) is 10.8. The summed E-state index contributed by atoms with van der Waals surface area (Å²) in [7, 11) is 0. The van der Waals surface area contributed by atoms with Crippen LogP contribution in [0.3, 0.4) is 0 Å². The van der Waals surface area contributed by atoms with Gasteiger partial charge in [-0.1, -0.05) is 27.2 Å². The molecule has 0 aliphatic rings. The van der Waals surface area contributed by atoms with Gasteiger partial charge in [0.2, 0.25) is 0 Å². The minimum atomic E-state index is 0.527. The van der Waals surface area contributed by atoms with Crippen molar-refractivity contribution in [3.8, 4) is 0 Å². The first-order valence-electron chi connectivity index (χ1n) is 5.89. The Hall–Kier alpha value is -0.830. The topological polar surface area (TPSA) is 29.9 Å². The van der Waals surface area contributed by atoms with Gasteiger partial charge in [-0.2, -0.15) is 5.10 Å². The van der Waals surface area contributed by atoms with Gasteiger partial charge in [-0.25, -0.2) is 0 Å². The summed E-state index contributed by atoms with van der Waals surface area (Å²) in [6, 6.07) is 0.527. The third-order valence-corrected chi connectivity index (χ3v) is 2.94. The maximum Gasteiger partial charge on any atom is 0.0565 e. The average molecular weight is 209 g/mol. The molecule has 0 bridgehead atoms. The van der Waals surface area contributed by atoms with E-state index in [-0.39, 0.29) is 0 Å². The van der Waals surface area contributed by atoms with Crippen LogP contribution in [0.4, 0.5) is 0 Å². The number of hydrogen-bond donors (Lipinski definition) is 1. The van der Waals surface area contributed by atoms with Gasteiger partial charge in [-0.05, 0) is 24.9 Å². The molecule has 2 atom stereocenters. The Morgan fingerprint density at radius 2 is 2.20 bits per heavy atom. The monoisotopic (exact) mass is 209 g/mol. The fourth-order valence-electron chi connectivity index (χ4n) is 1.76. The maximum absolute atomic E-state index is 4.33. The number of aromatic nitrogens is 2. The fraction of sp³-hybridized carbons (Fsp3) is 0.750. The molecule has 0 amide bonds. The third-order valence-electron chi connectivity index (χ3n) is 2.94. The zero-order chi connectivity index (χ0) is 11.3. The van der Waals surface area contributed by atoms with E-state index in [1.54, 1.807) is 0 Å². The first-order valence-corrected chi connectivity index (χ1v) is 5.89. The molecule has 0 aliphatic carbocycles. The molecule has 2 unspecified atom stereocenters. The van der Waals surface area contributed by atoms with Gasteiger partial charge in [0.1, 0.15) is 0 Å². The van der Waals surface area contributed by atoms with Crippen molar-refractivity contribution in [2.24, 2.45) is 5.92 Å². The maximum atomic E-state index is 4.33. The standard InChI is InChI=1S/C12H23N3/c1-5-11(4)12(13-6-2)9-15-8-10(3)7-14-15/h7-8,11-13H,5-6,9H2,1-4H3. The van der Waals surface area contributed by atoms with Crippen molar-refractivity contribution in [2.75, 3.05) is 6.54 Å². The molecule has 0 aromatic carbocycles. The van der Waals surface area contributed by atoms with Gasteiger partial charge in [0.05, 0.1) is 12.7 Å². The van der Waals surface area contributed by atoms with E-state index in [1.165, 1.54) is 12.0 Å². The van der Waals surface area contributed by atoms with Crippen molar-refractivity contribution < 1.29 is 0 Å². The predicted octanol–water partition coefficient (Wildman–Crippen LogP) is 2.22. The first-order chi connectivity index (χ1) is 7.17. The zero-order valence-corrected chi connectivity index (χ0v) is 10.3. The van der Waals surface area contributed by atoms with Gasteiger partial charge in [0.15, 0.2) is 0 Å². The van der Waals surface area contributed by atoms with E-state index in [4.69, 9.17) is 0 Å². The van der Waals surface area contributed by atoms with Crippen LogP contribution in [0.2, 0.25) is 0 Å². The molecular weight excluding hydrogens is 186 g/mol. The number of aryl methyl sites for hydroxylation is 1. The van der Waals surface area contributed by atoms with Crippen molar-refractivity contribution in [3.63, 3.8) is 0 Å². The van der Waals surface area contributed by atoms with Gasteiger partial charge in [0, 0.05) is 12.2 Å². The van der Waals surface area contributed by atoms with Crippen LogP contribution < -0.4 is 5.32 Å². The molecule has 1 heterocycles. The van der Waals surface area contributed by atoms with Crippen LogP contribution in [0.5, 0.6) is 0 Å². The molecule has 15 heavy (non-hydrogen) atoms. The fourth-order valence-corrected chi connectivity index (χ4v) is 1.76. The van der Waals surface area contributed by atoms with E-state index in [0.29, 0.717) is 12.0 Å². The molecule has 86 valence electrons. The average Bonchev–Trinajstić information content (AvgIpc) is 2.62. The molecule has 1 aromatic heterocycles. The van der Waals surface area contributed by atoms with E-state index < -0.39 is 0 Å². The second kappa shape index (κ2) is 5.91. The molecule has 3 heteroatoms. The van der Waals surface area contributed by atoms with Crippen LogP contribution in [-0.2, 0) is 6.54 Å². The van der Waals surface area contributed by atoms with Crippen LogP contribution in [0, 0.1) is 12.8 Å². The Morgan fingerprint density at radius 1 is 1.47 bits per heavy atom. The summed E-state index contributed by atoms with van der Waals surface area (Å²) in [5, 5.41) is 7.86. The minimum Gasteiger partial charge on any atom is -0.312 e. The molecule has 0 spiro atoms. The minimum absolute atomic E-state index is 0.527. The molecule has 1 aromatic rings. The molecule has 0 radical (unpaired) electrons. The van der Waals surface area contributed by atoms with Crippen LogP contribution >= 0.6 is 0 Å². The molecule has 0 fully saturated rings. The summed E-state index contributed by atoms with van der Waals surface area (Å²) < 4.78 is 2.04. The van der Waals surface area contributed by atoms with Gasteiger partial charge in [-0.15, -0.1) is 0 Å². The lowest BCUT2D eigenvalue weighted by molar-refractivity contribution is 0.323. The highest BCUT2D eigenvalue weighted by Gasteiger charge is 2.15. The number of rotatable bonds is 6. The highest BCUT2D eigenvalue weighted by atomic mass is 15.3. The largest absolute Gasteiger partial charge is 0.312 e.